The van der Waals surface area contributed by atoms with E-state index in [1.165, 1.54) is 4.88 Å². The maximum Gasteiger partial charge on any atom is 0.196 e. The average molecular weight is 340 g/mol. The minimum atomic E-state index is -0.0311. The van der Waals surface area contributed by atoms with Gasteiger partial charge in [0.25, 0.3) is 0 Å². The van der Waals surface area contributed by atoms with Gasteiger partial charge in [-0.1, -0.05) is 0 Å². The summed E-state index contributed by atoms with van der Waals surface area (Å²) < 4.78 is 13.0. The van der Waals surface area contributed by atoms with Gasteiger partial charge in [0, 0.05) is 16.6 Å². The second-order valence-electron chi connectivity index (χ2n) is 5.73. The van der Waals surface area contributed by atoms with E-state index in [9.17, 15) is 4.79 Å². The molecule has 0 saturated carbocycles. The third-order valence-corrected chi connectivity index (χ3v) is 4.98. The molecule has 122 valence electrons. The molecule has 24 heavy (non-hydrogen) atoms. The molecule has 0 unspecified atom stereocenters. The number of methoxy groups -OCH3 is 1. The van der Waals surface area contributed by atoms with E-state index >= 15 is 0 Å². The van der Waals surface area contributed by atoms with Crippen molar-refractivity contribution < 1.29 is 14.3 Å². The van der Waals surface area contributed by atoms with Crippen LogP contribution in [-0.4, -0.2) is 28.9 Å². The van der Waals surface area contributed by atoms with E-state index in [0.717, 1.165) is 16.3 Å². The molecule has 1 aliphatic heterocycles. The van der Waals surface area contributed by atoms with E-state index in [2.05, 4.69) is 4.98 Å². The van der Waals surface area contributed by atoms with Crippen LogP contribution in [0.2, 0.25) is 0 Å². The Kier molecular flexibility index (Phi) is 3.42. The Morgan fingerprint density at radius 3 is 3.00 bits per heavy atom. The molecular weight excluding hydrogens is 324 g/mol. The molecule has 0 bridgehead atoms. The van der Waals surface area contributed by atoms with E-state index in [1.54, 1.807) is 36.6 Å². The Hall–Kier alpha value is -2.60. The van der Waals surface area contributed by atoms with Gasteiger partial charge in [-0.3, -0.25) is 9.20 Å². The number of thiazole rings is 1. The summed E-state index contributed by atoms with van der Waals surface area (Å²) in [6, 6.07) is 5.28. The van der Waals surface area contributed by atoms with Crippen molar-refractivity contribution in [3.05, 3.63) is 51.8 Å². The van der Waals surface area contributed by atoms with Crippen LogP contribution in [0.3, 0.4) is 0 Å². The van der Waals surface area contributed by atoms with Crippen LogP contribution in [0.15, 0.2) is 30.0 Å². The summed E-state index contributed by atoms with van der Waals surface area (Å²) in [5, 5.41) is 0. The molecule has 6 heteroatoms. The molecule has 0 aliphatic carbocycles. The summed E-state index contributed by atoms with van der Waals surface area (Å²) in [6.45, 7) is 4.25. The number of rotatable bonds is 2. The highest BCUT2D eigenvalue weighted by Crippen LogP contribution is 2.32. The lowest BCUT2D eigenvalue weighted by molar-refractivity contribution is 0.100. The zero-order chi connectivity index (χ0) is 16.8. The highest BCUT2D eigenvalue weighted by molar-refractivity contribution is 7.17. The van der Waals surface area contributed by atoms with Crippen LogP contribution in [0, 0.1) is 13.8 Å². The fraction of sp³-hybridized carbons (Fsp3) is 0.222. The van der Waals surface area contributed by atoms with Crippen LogP contribution in [0.4, 0.5) is 0 Å². The first kappa shape index (κ1) is 15.0. The zero-order valence-electron chi connectivity index (χ0n) is 13.6. The number of ether oxygens (including phenoxy) is 2. The van der Waals surface area contributed by atoms with Crippen molar-refractivity contribution in [3.63, 3.8) is 0 Å². The largest absolute Gasteiger partial charge is 0.497 e. The lowest BCUT2D eigenvalue weighted by Crippen LogP contribution is -2.19. The normalized spacial score (nSPS) is 15.6. The second kappa shape index (κ2) is 5.49. The van der Waals surface area contributed by atoms with Gasteiger partial charge in [-0.05, 0) is 38.1 Å². The molecule has 0 fully saturated rings. The Morgan fingerprint density at radius 2 is 2.21 bits per heavy atom. The summed E-state index contributed by atoms with van der Waals surface area (Å²) in [6.07, 6.45) is 3.92. The van der Waals surface area contributed by atoms with Crippen molar-refractivity contribution in [3.8, 4) is 11.5 Å². The van der Waals surface area contributed by atoms with Gasteiger partial charge in [0.15, 0.2) is 10.7 Å². The maximum atomic E-state index is 12.8. The first-order valence-corrected chi connectivity index (χ1v) is 8.39. The Morgan fingerprint density at radius 1 is 1.38 bits per heavy atom. The standard InChI is InChI=1S/C18H16N2O3S/c1-10-8-20-15(11(2)19-18(20)24-10)6-12-9-23-16-5-4-13(22-3)7-14(16)17(12)21/h4-8H,9H2,1-3H3/b12-6-. The number of ketones is 1. The predicted molar refractivity (Wildman–Crippen MR) is 93.3 cm³/mol. The van der Waals surface area contributed by atoms with Gasteiger partial charge in [-0.25, -0.2) is 4.98 Å². The summed E-state index contributed by atoms with van der Waals surface area (Å²) in [7, 11) is 1.58. The summed E-state index contributed by atoms with van der Waals surface area (Å²) in [5.74, 6) is 1.21. The molecule has 4 rings (SSSR count). The number of imidazole rings is 1. The maximum absolute atomic E-state index is 12.8. The van der Waals surface area contributed by atoms with E-state index < -0.39 is 0 Å². The molecular formula is C18H16N2O3S. The number of carbonyl (C=O) groups is 1. The number of aryl methyl sites for hydroxylation is 2. The van der Waals surface area contributed by atoms with E-state index in [0.29, 0.717) is 22.6 Å². The quantitative estimate of drug-likeness (QED) is 0.668. The van der Waals surface area contributed by atoms with Crippen molar-refractivity contribution in [1.82, 2.24) is 9.38 Å². The minimum Gasteiger partial charge on any atom is -0.497 e. The number of nitrogens with zero attached hydrogens (tertiary/aromatic N) is 2. The summed E-state index contributed by atoms with van der Waals surface area (Å²) in [5.41, 5.74) is 2.97. The highest BCUT2D eigenvalue weighted by Gasteiger charge is 2.25. The molecule has 0 spiro atoms. The Labute approximate surface area is 143 Å². The fourth-order valence-electron chi connectivity index (χ4n) is 2.86. The van der Waals surface area contributed by atoms with Crippen molar-refractivity contribution in [2.45, 2.75) is 13.8 Å². The number of hydrogen-bond acceptors (Lipinski definition) is 5. The monoisotopic (exact) mass is 340 g/mol. The number of hydrogen-bond donors (Lipinski definition) is 0. The van der Waals surface area contributed by atoms with E-state index in [-0.39, 0.29) is 12.4 Å². The number of fused-ring (bicyclic) bond motifs is 2. The van der Waals surface area contributed by atoms with Crippen LogP contribution in [0.25, 0.3) is 11.0 Å². The lowest BCUT2D eigenvalue weighted by Gasteiger charge is -2.19. The van der Waals surface area contributed by atoms with Gasteiger partial charge in [-0.15, -0.1) is 11.3 Å². The van der Waals surface area contributed by atoms with Gasteiger partial charge < -0.3 is 9.47 Å². The van der Waals surface area contributed by atoms with Gasteiger partial charge in [0.2, 0.25) is 0 Å². The van der Waals surface area contributed by atoms with Gasteiger partial charge >= 0.3 is 0 Å². The molecule has 0 amide bonds. The topological polar surface area (TPSA) is 52.8 Å². The number of Topliss-reactive ketones (excluding diaryl/α,β-unsaturated/α-hetero) is 1. The fourth-order valence-corrected chi connectivity index (χ4v) is 3.74. The van der Waals surface area contributed by atoms with Crippen LogP contribution in [-0.2, 0) is 0 Å². The molecule has 0 saturated heterocycles. The van der Waals surface area contributed by atoms with Crippen LogP contribution in [0.5, 0.6) is 11.5 Å². The lowest BCUT2D eigenvalue weighted by atomic mass is 9.99. The molecule has 1 aromatic carbocycles. The van der Waals surface area contributed by atoms with Crippen molar-refractivity contribution in [1.29, 1.82) is 0 Å². The van der Waals surface area contributed by atoms with Crippen molar-refractivity contribution >= 4 is 28.2 Å². The number of carbonyl (C=O) groups excluding carboxylic acids is 1. The number of aromatic nitrogens is 2. The highest BCUT2D eigenvalue weighted by atomic mass is 32.1. The molecule has 0 radical (unpaired) electrons. The smallest absolute Gasteiger partial charge is 0.196 e. The molecule has 2 aromatic heterocycles. The summed E-state index contributed by atoms with van der Waals surface area (Å²) in [4.78, 5) is 19.5. The third kappa shape index (κ3) is 2.30. The minimum absolute atomic E-state index is 0.0311. The van der Waals surface area contributed by atoms with E-state index in [1.807, 2.05) is 30.5 Å². The first-order chi connectivity index (χ1) is 11.6. The first-order valence-electron chi connectivity index (χ1n) is 7.58. The second-order valence-corrected chi connectivity index (χ2v) is 6.94. The summed E-state index contributed by atoms with van der Waals surface area (Å²) >= 11 is 1.63. The van der Waals surface area contributed by atoms with Gasteiger partial charge in [0.1, 0.15) is 18.1 Å². The van der Waals surface area contributed by atoms with Crippen molar-refractivity contribution in [2.75, 3.05) is 13.7 Å². The Bertz CT molecular complexity index is 997. The van der Waals surface area contributed by atoms with Gasteiger partial charge in [0.05, 0.1) is 24.1 Å². The third-order valence-electron chi connectivity index (χ3n) is 4.08. The van der Waals surface area contributed by atoms with Crippen LogP contribution < -0.4 is 9.47 Å². The Balaban J connectivity index is 1.80. The average Bonchev–Trinajstić information content (AvgIpc) is 3.06. The SMILES string of the molecule is COc1ccc2c(c1)C(=O)/C(=C\c1c(C)nc3sc(C)cn13)CO2. The van der Waals surface area contributed by atoms with Crippen LogP contribution in [0.1, 0.15) is 26.6 Å². The van der Waals surface area contributed by atoms with Crippen LogP contribution >= 0.6 is 11.3 Å². The predicted octanol–water partition coefficient (Wildman–Crippen LogP) is 3.68. The van der Waals surface area contributed by atoms with Crippen molar-refractivity contribution in [2.24, 2.45) is 0 Å². The molecule has 1 aliphatic rings. The van der Waals surface area contributed by atoms with Gasteiger partial charge in [-0.2, -0.15) is 0 Å². The number of benzene rings is 1. The molecule has 0 atom stereocenters. The molecule has 3 heterocycles. The molecule has 0 N–H and O–H groups in total. The molecule has 5 nitrogen and oxygen atoms in total. The van der Waals surface area contributed by atoms with E-state index in [4.69, 9.17) is 9.47 Å². The molecule has 3 aromatic rings. The zero-order valence-corrected chi connectivity index (χ0v) is 14.4.